The Balaban J connectivity index is 3.55. The molecule has 110 valence electrons. The Labute approximate surface area is 121 Å². The van der Waals surface area contributed by atoms with Gasteiger partial charge in [0.1, 0.15) is 0 Å². The molecule has 0 saturated carbocycles. The van der Waals surface area contributed by atoms with Gasteiger partial charge in [0, 0.05) is 18.7 Å². The molecular formula is C18H33N. The Morgan fingerprint density at radius 3 is 2.21 bits per heavy atom. The van der Waals surface area contributed by atoms with Crippen LogP contribution in [-0.2, 0) is 0 Å². The fourth-order valence-corrected chi connectivity index (χ4v) is 1.96. The number of hydrogen-bond donors (Lipinski definition) is 0. The van der Waals surface area contributed by atoms with E-state index in [-0.39, 0.29) is 0 Å². The monoisotopic (exact) mass is 263 g/mol. The lowest BCUT2D eigenvalue weighted by molar-refractivity contribution is 0.441. The Hall–Kier alpha value is -0.900. The Bertz CT molecular complexity index is 280. The summed E-state index contributed by atoms with van der Waals surface area (Å²) in [6.07, 6.45) is 10.6. The lowest BCUT2D eigenvalue weighted by atomic mass is 10.1. The van der Waals surface area contributed by atoms with Gasteiger partial charge in [-0.15, -0.1) is 0 Å². The van der Waals surface area contributed by atoms with Crippen LogP contribution in [0.15, 0.2) is 12.3 Å². The minimum Gasteiger partial charge on any atom is -0.367 e. The number of hydrogen-bond acceptors (Lipinski definition) is 1. The first-order valence-electron chi connectivity index (χ1n) is 7.95. The zero-order chi connectivity index (χ0) is 14.5. The van der Waals surface area contributed by atoms with Crippen LogP contribution in [-0.4, -0.2) is 18.5 Å². The van der Waals surface area contributed by atoms with E-state index in [1.165, 1.54) is 50.6 Å². The highest BCUT2D eigenvalue weighted by Gasteiger charge is 2.00. The van der Waals surface area contributed by atoms with E-state index in [0.29, 0.717) is 5.92 Å². The van der Waals surface area contributed by atoms with Crippen molar-refractivity contribution in [1.82, 2.24) is 4.90 Å². The van der Waals surface area contributed by atoms with Gasteiger partial charge in [0.25, 0.3) is 0 Å². The molecule has 0 bridgehead atoms. The van der Waals surface area contributed by atoms with E-state index in [2.05, 4.69) is 51.1 Å². The van der Waals surface area contributed by atoms with Crippen molar-refractivity contribution >= 4 is 0 Å². The molecule has 0 aromatic rings. The molecule has 0 unspecified atom stereocenters. The van der Waals surface area contributed by atoms with Crippen molar-refractivity contribution in [3.63, 3.8) is 0 Å². The van der Waals surface area contributed by atoms with Crippen LogP contribution in [0.4, 0.5) is 0 Å². The molecule has 0 spiro atoms. The smallest absolute Gasteiger partial charge is 0.0788 e. The van der Waals surface area contributed by atoms with Crippen molar-refractivity contribution in [1.29, 1.82) is 0 Å². The van der Waals surface area contributed by atoms with Gasteiger partial charge < -0.3 is 4.90 Å². The van der Waals surface area contributed by atoms with Gasteiger partial charge in [-0.1, -0.05) is 77.7 Å². The zero-order valence-corrected chi connectivity index (χ0v) is 13.6. The van der Waals surface area contributed by atoms with Crippen LogP contribution in [0.1, 0.15) is 72.1 Å². The molecule has 0 aliphatic carbocycles. The number of allylic oxidation sites excluding steroid dienone is 1. The molecule has 1 heteroatoms. The molecule has 0 aromatic heterocycles. The van der Waals surface area contributed by atoms with Gasteiger partial charge in [-0.3, -0.25) is 0 Å². The topological polar surface area (TPSA) is 3.24 Å². The normalized spacial score (nSPS) is 10.2. The summed E-state index contributed by atoms with van der Waals surface area (Å²) in [6, 6.07) is 0. The quantitative estimate of drug-likeness (QED) is 0.385. The van der Waals surface area contributed by atoms with Crippen LogP contribution in [0.5, 0.6) is 0 Å². The summed E-state index contributed by atoms with van der Waals surface area (Å²) in [5.41, 5.74) is 1.23. The van der Waals surface area contributed by atoms with E-state index in [4.69, 9.17) is 0 Å². The molecule has 0 aliphatic rings. The average Bonchev–Trinajstić information content (AvgIpc) is 2.36. The third-order valence-electron chi connectivity index (χ3n) is 3.32. The summed E-state index contributed by atoms with van der Waals surface area (Å²) in [4.78, 5) is 2.19. The third-order valence-corrected chi connectivity index (χ3v) is 3.32. The maximum absolute atomic E-state index is 4.16. The Morgan fingerprint density at radius 1 is 1.05 bits per heavy atom. The number of nitrogens with zero attached hydrogens (tertiary/aromatic N) is 1. The Morgan fingerprint density at radius 2 is 1.63 bits per heavy atom. The summed E-state index contributed by atoms with van der Waals surface area (Å²) in [5.74, 6) is 6.86. The average molecular weight is 263 g/mol. The largest absolute Gasteiger partial charge is 0.367 e. The molecule has 0 aromatic carbocycles. The molecule has 0 atom stereocenters. The van der Waals surface area contributed by atoms with Gasteiger partial charge in [-0.2, -0.15) is 0 Å². The standard InChI is InChI=1S/C18H33N/c1-6-7-8-9-10-11-12-15-18(4)19(5)16-13-14-17(2)3/h17H,4,6-12,15-16H2,1-3,5H3. The molecule has 0 amide bonds. The summed E-state index contributed by atoms with van der Waals surface area (Å²) >= 11 is 0. The molecule has 0 heterocycles. The van der Waals surface area contributed by atoms with Gasteiger partial charge in [-0.05, 0) is 12.8 Å². The van der Waals surface area contributed by atoms with Crippen molar-refractivity contribution in [3.05, 3.63) is 12.3 Å². The van der Waals surface area contributed by atoms with E-state index in [0.717, 1.165) is 13.0 Å². The second-order valence-electron chi connectivity index (χ2n) is 5.77. The minimum absolute atomic E-state index is 0.463. The SMILES string of the molecule is C=C(CCCCCCCCC)N(C)CC#CC(C)C. The molecule has 0 saturated heterocycles. The third kappa shape index (κ3) is 11.9. The highest BCUT2D eigenvalue weighted by atomic mass is 15.1. The number of unbranched alkanes of at least 4 members (excludes halogenated alkanes) is 6. The van der Waals surface area contributed by atoms with Gasteiger partial charge in [-0.25, -0.2) is 0 Å². The number of rotatable bonds is 10. The molecule has 0 rings (SSSR count). The predicted octanol–water partition coefficient (Wildman–Crippen LogP) is 5.23. The summed E-state index contributed by atoms with van der Waals surface area (Å²) < 4.78 is 0. The van der Waals surface area contributed by atoms with E-state index in [1.54, 1.807) is 0 Å². The van der Waals surface area contributed by atoms with Crippen LogP contribution in [0.3, 0.4) is 0 Å². The maximum atomic E-state index is 4.16. The fourth-order valence-electron chi connectivity index (χ4n) is 1.96. The highest BCUT2D eigenvalue weighted by molar-refractivity contribution is 5.06. The molecule has 1 nitrogen and oxygen atoms in total. The van der Waals surface area contributed by atoms with E-state index in [9.17, 15) is 0 Å². The van der Waals surface area contributed by atoms with Crippen LogP contribution < -0.4 is 0 Å². The maximum Gasteiger partial charge on any atom is 0.0788 e. The van der Waals surface area contributed by atoms with Gasteiger partial charge >= 0.3 is 0 Å². The fraction of sp³-hybridized carbons (Fsp3) is 0.778. The van der Waals surface area contributed by atoms with Crippen molar-refractivity contribution in [2.45, 2.75) is 72.1 Å². The summed E-state index contributed by atoms with van der Waals surface area (Å²) in [6.45, 7) is 11.5. The van der Waals surface area contributed by atoms with Crippen molar-refractivity contribution in [2.24, 2.45) is 5.92 Å². The van der Waals surface area contributed by atoms with Crippen LogP contribution in [0.2, 0.25) is 0 Å². The first-order valence-corrected chi connectivity index (χ1v) is 7.95. The molecular weight excluding hydrogens is 230 g/mol. The second kappa shape index (κ2) is 12.2. The van der Waals surface area contributed by atoms with Crippen LogP contribution >= 0.6 is 0 Å². The van der Waals surface area contributed by atoms with Crippen molar-refractivity contribution in [3.8, 4) is 11.8 Å². The second-order valence-corrected chi connectivity index (χ2v) is 5.77. The molecule has 0 fully saturated rings. The predicted molar refractivity (Wildman–Crippen MR) is 87.0 cm³/mol. The first-order chi connectivity index (χ1) is 9.07. The lowest BCUT2D eigenvalue weighted by Crippen LogP contribution is -2.17. The Kier molecular flexibility index (Phi) is 11.6. The summed E-state index contributed by atoms with van der Waals surface area (Å²) in [5, 5.41) is 0. The van der Waals surface area contributed by atoms with E-state index in [1.807, 2.05) is 0 Å². The van der Waals surface area contributed by atoms with Gasteiger partial charge in [0.05, 0.1) is 6.54 Å². The summed E-state index contributed by atoms with van der Waals surface area (Å²) in [7, 11) is 2.10. The molecule has 0 radical (unpaired) electrons. The van der Waals surface area contributed by atoms with E-state index < -0.39 is 0 Å². The lowest BCUT2D eigenvalue weighted by Gasteiger charge is -2.18. The first kappa shape index (κ1) is 18.1. The highest BCUT2D eigenvalue weighted by Crippen LogP contribution is 2.12. The molecule has 0 N–H and O–H groups in total. The molecule has 19 heavy (non-hydrogen) atoms. The van der Waals surface area contributed by atoms with Gasteiger partial charge in [0.2, 0.25) is 0 Å². The zero-order valence-electron chi connectivity index (χ0n) is 13.6. The minimum atomic E-state index is 0.463. The van der Waals surface area contributed by atoms with Crippen molar-refractivity contribution in [2.75, 3.05) is 13.6 Å². The van der Waals surface area contributed by atoms with E-state index >= 15 is 0 Å². The van der Waals surface area contributed by atoms with Crippen LogP contribution in [0, 0.1) is 17.8 Å². The van der Waals surface area contributed by atoms with Crippen molar-refractivity contribution < 1.29 is 0 Å². The van der Waals surface area contributed by atoms with Crippen LogP contribution in [0.25, 0.3) is 0 Å². The molecule has 0 aliphatic heterocycles. The van der Waals surface area contributed by atoms with Gasteiger partial charge in [0.15, 0.2) is 0 Å².